The zero-order valence-electron chi connectivity index (χ0n) is 10.1. The summed E-state index contributed by atoms with van der Waals surface area (Å²) in [5, 5.41) is 0. The number of nitrogens with one attached hydrogen (secondary N) is 1. The third kappa shape index (κ3) is 2.79. The summed E-state index contributed by atoms with van der Waals surface area (Å²) in [4.78, 5) is 0. The number of rotatable bonds is 4. The van der Waals surface area contributed by atoms with Crippen molar-refractivity contribution in [2.24, 2.45) is 5.84 Å². The molecular formula is C14H18N2O. The maximum atomic E-state index is 5.60. The highest BCUT2D eigenvalue weighted by molar-refractivity contribution is 5.40. The van der Waals surface area contributed by atoms with Gasteiger partial charge < -0.3 is 4.74 Å². The lowest BCUT2D eigenvalue weighted by Gasteiger charge is -2.15. The third-order valence-corrected chi connectivity index (χ3v) is 3.05. The molecule has 1 atom stereocenters. The molecule has 3 heteroatoms. The van der Waals surface area contributed by atoms with Gasteiger partial charge >= 0.3 is 0 Å². The summed E-state index contributed by atoms with van der Waals surface area (Å²) in [7, 11) is 0. The van der Waals surface area contributed by atoms with Gasteiger partial charge in [0.2, 0.25) is 0 Å². The molecule has 0 saturated carbocycles. The lowest BCUT2D eigenvalue weighted by molar-refractivity contribution is 0.356. The molecule has 0 aliphatic carbocycles. The normalized spacial score (nSPS) is 14.5. The molecule has 17 heavy (non-hydrogen) atoms. The minimum atomic E-state index is 0.168. The first-order chi connectivity index (χ1) is 8.35. The van der Waals surface area contributed by atoms with E-state index in [4.69, 9.17) is 10.6 Å². The number of hydrazine groups is 1. The molecular weight excluding hydrogens is 212 g/mol. The van der Waals surface area contributed by atoms with Crippen molar-refractivity contribution in [1.82, 2.24) is 5.43 Å². The lowest BCUT2D eigenvalue weighted by atomic mass is 9.99. The topological polar surface area (TPSA) is 47.3 Å². The van der Waals surface area contributed by atoms with E-state index in [0.717, 1.165) is 31.6 Å². The molecule has 1 unspecified atom stereocenters. The Morgan fingerprint density at radius 1 is 1.53 bits per heavy atom. The fraction of sp³-hybridized carbons (Fsp3) is 0.429. The molecule has 1 aromatic carbocycles. The number of benzene rings is 1. The van der Waals surface area contributed by atoms with E-state index in [2.05, 4.69) is 29.4 Å². The first kappa shape index (κ1) is 12.0. The zero-order chi connectivity index (χ0) is 12.1. The Hall–Kier alpha value is -1.50. The van der Waals surface area contributed by atoms with Gasteiger partial charge in [0.15, 0.2) is 0 Å². The second-order valence-electron chi connectivity index (χ2n) is 4.15. The second-order valence-corrected chi connectivity index (χ2v) is 4.15. The Morgan fingerprint density at radius 3 is 3.18 bits per heavy atom. The van der Waals surface area contributed by atoms with Crippen molar-refractivity contribution < 1.29 is 4.74 Å². The van der Waals surface area contributed by atoms with Crippen molar-refractivity contribution in [2.45, 2.75) is 32.2 Å². The van der Waals surface area contributed by atoms with Crippen LogP contribution in [0.2, 0.25) is 0 Å². The van der Waals surface area contributed by atoms with Crippen LogP contribution < -0.4 is 16.0 Å². The molecule has 3 N–H and O–H groups in total. The molecule has 0 aromatic heterocycles. The molecule has 2 rings (SSSR count). The van der Waals surface area contributed by atoms with Gasteiger partial charge in [-0.05, 0) is 30.5 Å². The number of nitrogens with two attached hydrogens (primary N) is 1. The largest absolute Gasteiger partial charge is 0.493 e. The zero-order valence-corrected chi connectivity index (χ0v) is 10.1. The quantitative estimate of drug-likeness (QED) is 0.472. The van der Waals surface area contributed by atoms with Crippen LogP contribution in [0.25, 0.3) is 0 Å². The third-order valence-electron chi connectivity index (χ3n) is 3.05. The van der Waals surface area contributed by atoms with Crippen LogP contribution in [-0.4, -0.2) is 6.61 Å². The van der Waals surface area contributed by atoms with Gasteiger partial charge in [0.25, 0.3) is 0 Å². The van der Waals surface area contributed by atoms with E-state index in [-0.39, 0.29) is 6.04 Å². The van der Waals surface area contributed by atoms with E-state index in [1.54, 1.807) is 0 Å². The maximum Gasteiger partial charge on any atom is 0.122 e. The van der Waals surface area contributed by atoms with Gasteiger partial charge in [0.05, 0.1) is 6.61 Å². The van der Waals surface area contributed by atoms with Crippen molar-refractivity contribution >= 4 is 0 Å². The molecule has 0 bridgehead atoms. The molecule has 0 amide bonds. The minimum absolute atomic E-state index is 0.168. The summed E-state index contributed by atoms with van der Waals surface area (Å²) in [6.45, 7) is 2.65. The number of ether oxygens (including phenoxy) is 1. The molecule has 0 saturated heterocycles. The molecule has 1 aromatic rings. The van der Waals surface area contributed by atoms with Gasteiger partial charge in [-0.1, -0.05) is 12.1 Å². The smallest absolute Gasteiger partial charge is 0.122 e. The van der Waals surface area contributed by atoms with Gasteiger partial charge in [0, 0.05) is 18.9 Å². The molecule has 0 fully saturated rings. The van der Waals surface area contributed by atoms with E-state index < -0.39 is 0 Å². The van der Waals surface area contributed by atoms with Gasteiger partial charge in [0.1, 0.15) is 5.75 Å². The highest BCUT2D eigenvalue weighted by atomic mass is 16.5. The highest BCUT2D eigenvalue weighted by Gasteiger charge is 2.15. The van der Waals surface area contributed by atoms with Crippen molar-refractivity contribution in [3.8, 4) is 17.6 Å². The Kier molecular flexibility index (Phi) is 4.03. The summed E-state index contributed by atoms with van der Waals surface area (Å²) in [5.41, 5.74) is 5.36. The van der Waals surface area contributed by atoms with Crippen LogP contribution >= 0.6 is 0 Å². The molecule has 0 spiro atoms. The predicted octanol–water partition coefficient (Wildman–Crippen LogP) is 1.93. The highest BCUT2D eigenvalue weighted by Crippen LogP contribution is 2.29. The van der Waals surface area contributed by atoms with Crippen LogP contribution in [0.3, 0.4) is 0 Å². The van der Waals surface area contributed by atoms with E-state index >= 15 is 0 Å². The SMILES string of the molecule is CC#CCCC(NN)c1ccc2c(c1)CCO2. The first-order valence-electron chi connectivity index (χ1n) is 5.96. The van der Waals surface area contributed by atoms with Crippen LogP contribution in [0, 0.1) is 11.8 Å². The van der Waals surface area contributed by atoms with Gasteiger partial charge in [-0.15, -0.1) is 11.8 Å². The average Bonchev–Trinajstić information content (AvgIpc) is 2.82. The predicted molar refractivity (Wildman–Crippen MR) is 68.4 cm³/mol. The van der Waals surface area contributed by atoms with Gasteiger partial charge in [-0.25, -0.2) is 0 Å². The van der Waals surface area contributed by atoms with Crippen LogP contribution in [0.15, 0.2) is 18.2 Å². The molecule has 1 heterocycles. The fourth-order valence-corrected chi connectivity index (χ4v) is 2.11. The standard InChI is InChI=1S/C14H18N2O/c1-2-3-4-5-13(16-15)11-6-7-14-12(10-11)8-9-17-14/h6-7,10,13,16H,4-5,8-9,15H2,1H3. The number of hydrogen-bond acceptors (Lipinski definition) is 3. The average molecular weight is 230 g/mol. The first-order valence-corrected chi connectivity index (χ1v) is 5.96. The fourth-order valence-electron chi connectivity index (χ4n) is 2.11. The summed E-state index contributed by atoms with van der Waals surface area (Å²) in [5.74, 6) is 12.6. The molecule has 1 aliphatic heterocycles. The Labute approximate surface area is 102 Å². The molecule has 0 radical (unpaired) electrons. The Balaban J connectivity index is 2.10. The van der Waals surface area contributed by atoms with Crippen LogP contribution in [0.1, 0.15) is 36.9 Å². The number of hydrogen-bond donors (Lipinski definition) is 2. The summed E-state index contributed by atoms with van der Waals surface area (Å²) in [6, 6.07) is 6.47. The molecule has 3 nitrogen and oxygen atoms in total. The van der Waals surface area contributed by atoms with Gasteiger partial charge in [-0.3, -0.25) is 11.3 Å². The van der Waals surface area contributed by atoms with E-state index in [1.807, 2.05) is 13.0 Å². The monoisotopic (exact) mass is 230 g/mol. The molecule has 90 valence electrons. The van der Waals surface area contributed by atoms with Crippen molar-refractivity contribution in [1.29, 1.82) is 0 Å². The Bertz CT molecular complexity index is 445. The summed E-state index contributed by atoms with van der Waals surface area (Å²) >= 11 is 0. The van der Waals surface area contributed by atoms with Crippen molar-refractivity contribution in [3.05, 3.63) is 29.3 Å². The van der Waals surface area contributed by atoms with E-state index in [1.165, 1.54) is 11.1 Å². The van der Waals surface area contributed by atoms with Crippen molar-refractivity contribution in [2.75, 3.05) is 6.61 Å². The van der Waals surface area contributed by atoms with Crippen molar-refractivity contribution in [3.63, 3.8) is 0 Å². The summed E-state index contributed by atoms with van der Waals surface area (Å²) < 4.78 is 5.49. The van der Waals surface area contributed by atoms with Gasteiger partial charge in [-0.2, -0.15) is 0 Å². The van der Waals surface area contributed by atoms with Crippen LogP contribution in [0.4, 0.5) is 0 Å². The van der Waals surface area contributed by atoms with E-state index in [9.17, 15) is 0 Å². The van der Waals surface area contributed by atoms with Crippen LogP contribution in [0.5, 0.6) is 5.75 Å². The lowest BCUT2D eigenvalue weighted by Crippen LogP contribution is -2.27. The second kappa shape index (κ2) is 5.72. The molecule has 1 aliphatic rings. The minimum Gasteiger partial charge on any atom is -0.493 e. The van der Waals surface area contributed by atoms with Crippen LogP contribution in [-0.2, 0) is 6.42 Å². The van der Waals surface area contributed by atoms with E-state index in [0.29, 0.717) is 0 Å². The summed E-state index contributed by atoms with van der Waals surface area (Å²) in [6.07, 6.45) is 2.78. The maximum absolute atomic E-state index is 5.60. The Morgan fingerprint density at radius 2 is 2.41 bits per heavy atom. The number of fused-ring (bicyclic) bond motifs is 1.